The van der Waals surface area contributed by atoms with Crippen LogP contribution in [0.3, 0.4) is 0 Å². The number of hydrogen-bond acceptors (Lipinski definition) is 3. The van der Waals surface area contributed by atoms with Gasteiger partial charge in [-0.05, 0) is 25.5 Å². The molecule has 2 N–H and O–H groups in total. The van der Waals surface area contributed by atoms with E-state index in [9.17, 15) is 9.90 Å². The highest BCUT2D eigenvalue weighted by atomic mass is 32.2. The summed E-state index contributed by atoms with van der Waals surface area (Å²) in [4.78, 5) is 12.7. The standard InChI is InChI=1S/C11H13NO2S/c1-11(2)10(14)12-8-5-3-4-7(6-13)9(8)15-11/h3-5,13H,6H2,1-2H3,(H,12,14). The van der Waals surface area contributed by atoms with Gasteiger partial charge in [-0.15, -0.1) is 11.8 Å². The Morgan fingerprint density at radius 1 is 1.47 bits per heavy atom. The van der Waals surface area contributed by atoms with Gasteiger partial charge in [-0.3, -0.25) is 4.79 Å². The number of benzene rings is 1. The lowest BCUT2D eigenvalue weighted by atomic mass is 10.1. The number of rotatable bonds is 1. The van der Waals surface area contributed by atoms with Crippen molar-refractivity contribution < 1.29 is 9.90 Å². The fraction of sp³-hybridized carbons (Fsp3) is 0.364. The van der Waals surface area contributed by atoms with E-state index >= 15 is 0 Å². The Hall–Kier alpha value is -1.00. The summed E-state index contributed by atoms with van der Waals surface area (Å²) in [6.45, 7) is 3.76. The normalized spacial score (nSPS) is 18.2. The number of aliphatic hydroxyl groups is 1. The third-order valence-corrected chi connectivity index (χ3v) is 3.80. The lowest BCUT2D eigenvalue weighted by Crippen LogP contribution is -2.37. The Kier molecular flexibility index (Phi) is 2.48. The van der Waals surface area contributed by atoms with Crippen LogP contribution in [0.25, 0.3) is 0 Å². The zero-order chi connectivity index (χ0) is 11.1. The van der Waals surface area contributed by atoms with E-state index < -0.39 is 4.75 Å². The molecular weight excluding hydrogens is 210 g/mol. The molecule has 0 saturated carbocycles. The largest absolute Gasteiger partial charge is 0.392 e. The Morgan fingerprint density at radius 2 is 2.20 bits per heavy atom. The summed E-state index contributed by atoms with van der Waals surface area (Å²) in [5, 5.41) is 12.1. The van der Waals surface area contributed by atoms with Gasteiger partial charge in [0.1, 0.15) is 0 Å². The van der Waals surface area contributed by atoms with E-state index in [1.807, 2.05) is 32.0 Å². The van der Waals surface area contributed by atoms with Crippen molar-refractivity contribution in [3.63, 3.8) is 0 Å². The fourth-order valence-corrected chi connectivity index (χ4v) is 2.65. The highest BCUT2D eigenvalue weighted by Crippen LogP contribution is 2.43. The number of fused-ring (bicyclic) bond motifs is 1. The van der Waals surface area contributed by atoms with Crippen molar-refractivity contribution in [2.75, 3.05) is 5.32 Å². The van der Waals surface area contributed by atoms with Gasteiger partial charge >= 0.3 is 0 Å². The summed E-state index contributed by atoms with van der Waals surface area (Å²) < 4.78 is -0.474. The summed E-state index contributed by atoms with van der Waals surface area (Å²) in [6, 6.07) is 5.57. The highest BCUT2D eigenvalue weighted by Gasteiger charge is 2.35. The molecule has 0 bridgehead atoms. The maximum Gasteiger partial charge on any atom is 0.240 e. The van der Waals surface area contributed by atoms with Crippen LogP contribution in [-0.4, -0.2) is 15.8 Å². The second-order valence-electron chi connectivity index (χ2n) is 4.02. The first kappa shape index (κ1) is 10.5. The van der Waals surface area contributed by atoms with Crippen molar-refractivity contribution in [2.24, 2.45) is 0 Å². The lowest BCUT2D eigenvalue weighted by molar-refractivity contribution is -0.117. The third-order valence-electron chi connectivity index (χ3n) is 2.42. The van der Waals surface area contributed by atoms with Crippen LogP contribution in [0.1, 0.15) is 19.4 Å². The Balaban J connectivity index is 2.50. The number of thioether (sulfide) groups is 1. The molecule has 80 valence electrons. The van der Waals surface area contributed by atoms with Crippen LogP contribution < -0.4 is 5.32 Å². The van der Waals surface area contributed by atoms with Gasteiger partial charge in [-0.25, -0.2) is 0 Å². The molecule has 0 radical (unpaired) electrons. The predicted molar refractivity (Wildman–Crippen MR) is 60.9 cm³/mol. The molecule has 15 heavy (non-hydrogen) atoms. The molecule has 2 rings (SSSR count). The summed E-state index contributed by atoms with van der Waals surface area (Å²) in [6.07, 6.45) is 0. The number of carbonyl (C=O) groups is 1. The van der Waals surface area contributed by atoms with E-state index in [1.165, 1.54) is 11.8 Å². The maximum absolute atomic E-state index is 11.7. The van der Waals surface area contributed by atoms with Crippen LogP contribution >= 0.6 is 11.8 Å². The SMILES string of the molecule is CC1(C)Sc2c(CO)cccc2NC1=O. The number of nitrogens with one attached hydrogen (secondary N) is 1. The number of aliphatic hydroxyl groups excluding tert-OH is 1. The van der Waals surface area contributed by atoms with Crippen molar-refractivity contribution in [1.29, 1.82) is 0 Å². The zero-order valence-corrected chi connectivity index (χ0v) is 9.52. The summed E-state index contributed by atoms with van der Waals surface area (Å²) in [7, 11) is 0. The third kappa shape index (κ3) is 1.75. The van der Waals surface area contributed by atoms with Crippen LogP contribution in [0.5, 0.6) is 0 Å². The van der Waals surface area contributed by atoms with Gasteiger partial charge in [-0.1, -0.05) is 12.1 Å². The molecule has 1 aliphatic heterocycles. The molecule has 4 heteroatoms. The first-order valence-electron chi connectivity index (χ1n) is 4.78. The average Bonchev–Trinajstić information content (AvgIpc) is 2.18. The monoisotopic (exact) mass is 223 g/mol. The highest BCUT2D eigenvalue weighted by molar-refractivity contribution is 8.01. The summed E-state index contributed by atoms with van der Waals surface area (Å²) in [5.41, 5.74) is 1.67. The number of anilines is 1. The first-order valence-corrected chi connectivity index (χ1v) is 5.59. The van der Waals surface area contributed by atoms with Crippen molar-refractivity contribution >= 4 is 23.4 Å². The van der Waals surface area contributed by atoms with Crippen LogP contribution in [-0.2, 0) is 11.4 Å². The molecule has 1 aromatic rings. The predicted octanol–water partition coefficient (Wildman–Crippen LogP) is 2.00. The van der Waals surface area contributed by atoms with Gasteiger partial charge in [0.15, 0.2) is 0 Å². The van der Waals surface area contributed by atoms with E-state index in [1.54, 1.807) is 0 Å². The molecule has 1 amide bonds. The van der Waals surface area contributed by atoms with Crippen LogP contribution in [0, 0.1) is 0 Å². The molecule has 0 spiro atoms. The summed E-state index contributed by atoms with van der Waals surface area (Å²) >= 11 is 1.50. The van der Waals surface area contributed by atoms with Crippen molar-refractivity contribution in [1.82, 2.24) is 0 Å². The fourth-order valence-electron chi connectivity index (χ4n) is 1.50. The number of amides is 1. The van der Waals surface area contributed by atoms with Gasteiger partial charge < -0.3 is 10.4 Å². The molecule has 1 aliphatic rings. The van der Waals surface area contributed by atoms with Gasteiger partial charge in [0, 0.05) is 4.90 Å². The van der Waals surface area contributed by atoms with Gasteiger partial charge in [0.25, 0.3) is 0 Å². The second-order valence-corrected chi connectivity index (χ2v) is 5.65. The second kappa shape index (κ2) is 3.54. The van der Waals surface area contributed by atoms with Crippen molar-refractivity contribution in [3.8, 4) is 0 Å². The minimum Gasteiger partial charge on any atom is -0.392 e. The molecular formula is C11H13NO2S. The van der Waals surface area contributed by atoms with E-state index in [-0.39, 0.29) is 12.5 Å². The van der Waals surface area contributed by atoms with E-state index in [0.717, 1.165) is 16.1 Å². The summed E-state index contributed by atoms with van der Waals surface area (Å²) in [5.74, 6) is 0.00934. The molecule has 1 aromatic carbocycles. The van der Waals surface area contributed by atoms with Crippen LogP contribution in [0.15, 0.2) is 23.1 Å². The van der Waals surface area contributed by atoms with E-state index in [4.69, 9.17) is 0 Å². The van der Waals surface area contributed by atoms with Crippen molar-refractivity contribution in [3.05, 3.63) is 23.8 Å². The minimum absolute atomic E-state index is 0.00211. The molecule has 0 saturated heterocycles. The molecule has 3 nitrogen and oxygen atoms in total. The van der Waals surface area contributed by atoms with Crippen LogP contribution in [0.4, 0.5) is 5.69 Å². The quantitative estimate of drug-likeness (QED) is 0.765. The Bertz CT molecular complexity index is 415. The van der Waals surface area contributed by atoms with Gasteiger partial charge in [0.05, 0.1) is 17.0 Å². The topological polar surface area (TPSA) is 49.3 Å². The van der Waals surface area contributed by atoms with Crippen LogP contribution in [0.2, 0.25) is 0 Å². The molecule has 0 atom stereocenters. The molecule has 1 heterocycles. The molecule has 0 fully saturated rings. The lowest BCUT2D eigenvalue weighted by Gasteiger charge is -2.30. The molecule has 0 unspecified atom stereocenters. The van der Waals surface area contributed by atoms with Gasteiger partial charge in [0.2, 0.25) is 5.91 Å². The molecule has 0 aromatic heterocycles. The average molecular weight is 223 g/mol. The van der Waals surface area contributed by atoms with E-state index in [0.29, 0.717) is 0 Å². The minimum atomic E-state index is -0.474. The Morgan fingerprint density at radius 3 is 2.87 bits per heavy atom. The number of hydrogen-bond donors (Lipinski definition) is 2. The zero-order valence-electron chi connectivity index (χ0n) is 8.70. The van der Waals surface area contributed by atoms with Crippen molar-refractivity contribution in [2.45, 2.75) is 30.1 Å². The van der Waals surface area contributed by atoms with E-state index in [2.05, 4.69) is 5.32 Å². The Labute approximate surface area is 92.9 Å². The first-order chi connectivity index (χ1) is 7.04. The van der Waals surface area contributed by atoms with Gasteiger partial charge in [-0.2, -0.15) is 0 Å². The smallest absolute Gasteiger partial charge is 0.240 e. The molecule has 0 aliphatic carbocycles. The number of carbonyl (C=O) groups excluding carboxylic acids is 1. The maximum atomic E-state index is 11.7.